The lowest BCUT2D eigenvalue weighted by Gasteiger charge is -2.46. The molecule has 3 atom stereocenters. The Kier molecular flexibility index (Phi) is 6.72. The number of aromatic nitrogens is 4. The fourth-order valence-electron chi connectivity index (χ4n) is 5.74. The van der Waals surface area contributed by atoms with E-state index in [1.807, 2.05) is 0 Å². The Morgan fingerprint density at radius 2 is 1.95 bits per heavy atom. The first-order valence-electron chi connectivity index (χ1n) is 13.0. The van der Waals surface area contributed by atoms with Crippen molar-refractivity contribution in [1.29, 1.82) is 0 Å². The second-order valence-electron chi connectivity index (χ2n) is 10.7. The molecule has 2 saturated carbocycles. The first kappa shape index (κ1) is 25.3. The number of phenols is 1. The van der Waals surface area contributed by atoms with Crippen molar-refractivity contribution in [3.63, 3.8) is 0 Å². The molecule has 0 saturated heterocycles. The van der Waals surface area contributed by atoms with Crippen LogP contribution in [0.4, 0.5) is 14.6 Å². The zero-order chi connectivity index (χ0) is 26.3. The Morgan fingerprint density at radius 3 is 2.57 bits per heavy atom. The normalized spacial score (nSPS) is 23.7. The molecule has 9 heteroatoms. The Morgan fingerprint density at radius 1 is 1.16 bits per heavy atom. The van der Waals surface area contributed by atoms with E-state index in [0.717, 1.165) is 49.5 Å². The van der Waals surface area contributed by atoms with Crippen molar-refractivity contribution in [2.24, 2.45) is 12.5 Å². The Balaban J connectivity index is 1.41. The third-order valence-corrected chi connectivity index (χ3v) is 7.96. The van der Waals surface area contributed by atoms with Crippen LogP contribution < -0.4 is 10.5 Å². The van der Waals surface area contributed by atoms with Gasteiger partial charge in [-0.1, -0.05) is 32.8 Å². The van der Waals surface area contributed by atoms with E-state index >= 15 is 4.39 Å². The van der Waals surface area contributed by atoms with E-state index < -0.39 is 17.7 Å². The van der Waals surface area contributed by atoms with Crippen LogP contribution in [0.3, 0.4) is 0 Å². The summed E-state index contributed by atoms with van der Waals surface area (Å²) in [5.74, 6) is 0.0119. The van der Waals surface area contributed by atoms with Gasteiger partial charge in [0.05, 0.1) is 17.8 Å². The highest BCUT2D eigenvalue weighted by Gasteiger charge is 2.48. The van der Waals surface area contributed by atoms with Gasteiger partial charge in [0.1, 0.15) is 11.9 Å². The van der Waals surface area contributed by atoms with Gasteiger partial charge in [0.15, 0.2) is 17.6 Å². The average Bonchev–Trinajstić information content (AvgIpc) is 3.71. The van der Waals surface area contributed by atoms with Crippen LogP contribution in [-0.2, 0) is 7.05 Å². The molecule has 0 aliphatic heterocycles. The third-order valence-electron chi connectivity index (χ3n) is 7.96. The summed E-state index contributed by atoms with van der Waals surface area (Å²) in [6.07, 6.45) is 7.17. The van der Waals surface area contributed by atoms with Crippen molar-refractivity contribution < 1.29 is 13.9 Å². The predicted octanol–water partition coefficient (Wildman–Crippen LogP) is 5.41. The van der Waals surface area contributed by atoms with E-state index in [-0.39, 0.29) is 29.1 Å². The molecule has 7 nitrogen and oxygen atoms in total. The number of aromatic hydroxyl groups is 1. The quantitative estimate of drug-likeness (QED) is 0.429. The number of hydrogen-bond donors (Lipinski definition) is 1. The summed E-state index contributed by atoms with van der Waals surface area (Å²) < 4.78 is 30.8. The first-order valence-corrected chi connectivity index (χ1v) is 13.0. The molecule has 0 radical (unpaired) electrons. The maximum atomic E-state index is 15.9. The van der Waals surface area contributed by atoms with Crippen LogP contribution in [0.15, 0.2) is 41.3 Å². The minimum Gasteiger partial charge on any atom is -0.507 e. The van der Waals surface area contributed by atoms with E-state index in [1.54, 1.807) is 18.3 Å². The Labute approximate surface area is 215 Å². The third kappa shape index (κ3) is 4.83. The van der Waals surface area contributed by atoms with Crippen LogP contribution in [0.1, 0.15) is 58.8 Å². The standard InChI is InChI=1S/C28H33F2N5O2/c1-4-11-28(2)12-5-6-21(26(28)30)35(19-8-9-19)24-16-31-27(33-32-24)20-10-7-17(13-22(20)36)18-14-23(29)34(3)25(37)15-18/h7,10,13-16,19,21,26,36H,4-6,8-9,11-12H2,1-3H3/t21-,26-,28+/m0/s1. The molecule has 3 aromatic rings. The number of phenolic OH excluding ortho intramolecular Hbond substituents is 1. The number of hydrogen-bond acceptors (Lipinski definition) is 6. The SMILES string of the molecule is CCC[C@]1(C)CCC[C@H](N(c2cnc(-c3ccc(-c4cc(F)n(C)c(=O)c4)cc3O)nn2)C2CC2)[C@@H]1F. The molecular formula is C28H33F2N5O2. The van der Waals surface area contributed by atoms with Gasteiger partial charge >= 0.3 is 0 Å². The van der Waals surface area contributed by atoms with Crippen molar-refractivity contribution in [2.45, 2.75) is 77.0 Å². The fourth-order valence-corrected chi connectivity index (χ4v) is 5.74. The summed E-state index contributed by atoms with van der Waals surface area (Å²) >= 11 is 0. The number of nitrogens with zero attached hydrogens (tertiary/aromatic N) is 5. The van der Waals surface area contributed by atoms with Crippen molar-refractivity contribution in [1.82, 2.24) is 19.7 Å². The van der Waals surface area contributed by atoms with E-state index in [1.165, 1.54) is 25.2 Å². The van der Waals surface area contributed by atoms with Gasteiger partial charge in [-0.3, -0.25) is 9.36 Å². The van der Waals surface area contributed by atoms with Crippen LogP contribution in [0, 0.1) is 11.4 Å². The van der Waals surface area contributed by atoms with Gasteiger partial charge in [-0.2, -0.15) is 4.39 Å². The number of anilines is 1. The summed E-state index contributed by atoms with van der Waals surface area (Å²) in [6, 6.07) is 7.29. The van der Waals surface area contributed by atoms with Crippen molar-refractivity contribution in [2.75, 3.05) is 4.90 Å². The number of rotatable bonds is 7. The molecule has 1 aromatic carbocycles. The van der Waals surface area contributed by atoms with Gasteiger partial charge in [-0.05, 0) is 61.4 Å². The number of benzene rings is 1. The van der Waals surface area contributed by atoms with Gasteiger partial charge in [-0.15, -0.1) is 10.2 Å². The highest BCUT2D eigenvalue weighted by atomic mass is 19.1. The molecule has 2 aliphatic carbocycles. The summed E-state index contributed by atoms with van der Waals surface area (Å²) in [5, 5.41) is 19.4. The zero-order valence-corrected chi connectivity index (χ0v) is 21.5. The summed E-state index contributed by atoms with van der Waals surface area (Å²) in [6.45, 7) is 4.18. The Bertz CT molecular complexity index is 1340. The average molecular weight is 510 g/mol. The van der Waals surface area contributed by atoms with Gasteiger partial charge in [0.25, 0.3) is 5.56 Å². The van der Waals surface area contributed by atoms with Gasteiger partial charge < -0.3 is 10.0 Å². The maximum absolute atomic E-state index is 15.9. The van der Waals surface area contributed by atoms with Gasteiger partial charge in [0.2, 0.25) is 0 Å². The highest BCUT2D eigenvalue weighted by molar-refractivity contribution is 5.72. The van der Waals surface area contributed by atoms with Crippen LogP contribution >= 0.6 is 0 Å². The molecule has 0 bridgehead atoms. The molecule has 37 heavy (non-hydrogen) atoms. The minimum atomic E-state index is -0.945. The smallest absolute Gasteiger partial charge is 0.253 e. The molecular weight excluding hydrogens is 476 g/mol. The van der Waals surface area contributed by atoms with Crippen molar-refractivity contribution in [3.05, 3.63) is 52.8 Å². The molecule has 0 spiro atoms. The fraction of sp³-hybridized carbons (Fsp3) is 0.500. The number of pyridine rings is 1. The second kappa shape index (κ2) is 9.84. The van der Waals surface area contributed by atoms with Crippen molar-refractivity contribution in [3.8, 4) is 28.3 Å². The highest BCUT2D eigenvalue weighted by Crippen LogP contribution is 2.46. The molecule has 2 aliphatic rings. The van der Waals surface area contributed by atoms with Crippen LogP contribution in [0.25, 0.3) is 22.5 Å². The molecule has 0 amide bonds. The summed E-state index contributed by atoms with van der Waals surface area (Å²) in [4.78, 5) is 18.5. The van der Waals surface area contributed by atoms with E-state index in [0.29, 0.717) is 22.5 Å². The van der Waals surface area contributed by atoms with Crippen LogP contribution in [0.5, 0.6) is 5.75 Å². The number of alkyl halides is 1. The summed E-state index contributed by atoms with van der Waals surface area (Å²) in [5.41, 5.74) is 0.404. The van der Waals surface area contributed by atoms with Gasteiger partial charge in [-0.25, -0.2) is 9.37 Å². The minimum absolute atomic E-state index is 0.112. The first-order chi connectivity index (χ1) is 17.7. The molecule has 0 unspecified atom stereocenters. The topological polar surface area (TPSA) is 84.1 Å². The second-order valence-corrected chi connectivity index (χ2v) is 10.7. The van der Waals surface area contributed by atoms with Crippen LogP contribution in [-0.4, -0.2) is 43.1 Å². The van der Waals surface area contributed by atoms with Gasteiger partial charge in [0, 0.05) is 24.6 Å². The lowest BCUT2D eigenvalue weighted by Crippen LogP contribution is -2.52. The zero-order valence-electron chi connectivity index (χ0n) is 21.5. The number of halogens is 2. The summed E-state index contributed by atoms with van der Waals surface area (Å²) in [7, 11) is 1.35. The molecule has 2 heterocycles. The molecule has 5 rings (SSSR count). The monoisotopic (exact) mass is 509 g/mol. The van der Waals surface area contributed by atoms with E-state index in [9.17, 15) is 14.3 Å². The largest absolute Gasteiger partial charge is 0.507 e. The molecule has 196 valence electrons. The van der Waals surface area contributed by atoms with Crippen LogP contribution in [0.2, 0.25) is 0 Å². The lowest BCUT2D eigenvalue weighted by molar-refractivity contribution is 0.0423. The van der Waals surface area contributed by atoms with E-state index in [2.05, 4.69) is 33.9 Å². The Hall–Kier alpha value is -3.36. The molecule has 1 N–H and O–H groups in total. The van der Waals surface area contributed by atoms with Crippen molar-refractivity contribution >= 4 is 5.82 Å². The lowest BCUT2D eigenvalue weighted by atomic mass is 9.69. The molecule has 2 aromatic heterocycles. The maximum Gasteiger partial charge on any atom is 0.253 e. The van der Waals surface area contributed by atoms with E-state index in [4.69, 9.17) is 0 Å². The molecule has 2 fully saturated rings. The predicted molar refractivity (Wildman–Crippen MR) is 139 cm³/mol.